The van der Waals surface area contributed by atoms with Crippen LogP contribution in [0, 0.1) is 0 Å². The second-order valence-corrected chi connectivity index (χ2v) is 7.81. The summed E-state index contributed by atoms with van der Waals surface area (Å²) in [5.41, 5.74) is 1.08. The van der Waals surface area contributed by atoms with Gasteiger partial charge in [0.1, 0.15) is 5.75 Å². The monoisotopic (exact) mass is 407 g/mol. The number of ether oxygens (including phenoxy) is 1. The lowest BCUT2D eigenvalue weighted by Gasteiger charge is -2.16. The Morgan fingerprint density at radius 1 is 0.929 bits per heavy atom. The fourth-order valence-electron chi connectivity index (χ4n) is 2.75. The minimum atomic E-state index is -4.82. The Balaban J connectivity index is 1.97. The van der Waals surface area contributed by atoms with E-state index in [0.29, 0.717) is 16.0 Å². The van der Waals surface area contributed by atoms with Crippen LogP contribution in [0.5, 0.6) is 5.75 Å². The Bertz CT molecular complexity index is 922. The molecule has 0 aromatic heterocycles. The lowest BCUT2D eigenvalue weighted by molar-refractivity contribution is -0.274. The first kappa shape index (κ1) is 20.0. The van der Waals surface area contributed by atoms with Crippen LogP contribution >= 0.6 is 11.8 Å². The van der Waals surface area contributed by atoms with Crippen LogP contribution in [0.2, 0.25) is 0 Å². The number of alkyl halides is 3. The topological polar surface area (TPSA) is 46.6 Å². The Kier molecular flexibility index (Phi) is 5.51. The molecule has 146 valence electrons. The summed E-state index contributed by atoms with van der Waals surface area (Å²) in [6, 6.07) is 13.5. The Labute approximate surface area is 164 Å². The number of carbonyl (C=O) groups is 2. The summed E-state index contributed by atoms with van der Waals surface area (Å²) < 4.78 is 40.8. The second-order valence-electron chi connectivity index (χ2n) is 6.22. The minimum absolute atomic E-state index is 0.0629. The summed E-state index contributed by atoms with van der Waals surface area (Å²) in [7, 11) is 0. The van der Waals surface area contributed by atoms with E-state index in [9.17, 15) is 22.8 Å². The van der Waals surface area contributed by atoms with Crippen molar-refractivity contribution in [2.24, 2.45) is 0 Å². The summed E-state index contributed by atoms with van der Waals surface area (Å²) in [5.74, 6) is -1.43. The number of thioether (sulfide) groups is 1. The van der Waals surface area contributed by atoms with Gasteiger partial charge in [-0.25, -0.2) is 4.90 Å². The number of hydrogen-bond acceptors (Lipinski definition) is 4. The SMILES string of the molecule is CC(C)SC1=C(c2ccccc2)C(=O)N(c2ccc(OC(F)(F)F)cc2)C1=O. The molecule has 2 aromatic carbocycles. The lowest BCUT2D eigenvalue weighted by Crippen LogP contribution is -2.31. The first-order valence-corrected chi connectivity index (χ1v) is 9.26. The van der Waals surface area contributed by atoms with Gasteiger partial charge in [0, 0.05) is 5.25 Å². The van der Waals surface area contributed by atoms with Crippen LogP contribution in [-0.4, -0.2) is 23.4 Å². The van der Waals surface area contributed by atoms with Crippen LogP contribution in [0.1, 0.15) is 19.4 Å². The van der Waals surface area contributed by atoms with Crippen LogP contribution in [-0.2, 0) is 9.59 Å². The average molecular weight is 407 g/mol. The normalized spacial score (nSPS) is 15.0. The molecular formula is C20H16F3NO3S. The van der Waals surface area contributed by atoms with Crippen LogP contribution in [0.4, 0.5) is 18.9 Å². The molecule has 0 radical (unpaired) electrons. The first-order valence-electron chi connectivity index (χ1n) is 8.38. The molecule has 0 atom stereocenters. The Morgan fingerprint density at radius 2 is 1.54 bits per heavy atom. The molecule has 0 saturated heterocycles. The van der Waals surface area contributed by atoms with Crippen molar-refractivity contribution in [3.05, 3.63) is 65.1 Å². The molecular weight excluding hydrogens is 391 g/mol. The van der Waals surface area contributed by atoms with Gasteiger partial charge in [-0.05, 0) is 29.8 Å². The molecule has 2 aromatic rings. The van der Waals surface area contributed by atoms with E-state index in [1.54, 1.807) is 30.3 Å². The molecule has 0 spiro atoms. The van der Waals surface area contributed by atoms with Gasteiger partial charge in [-0.1, -0.05) is 44.2 Å². The summed E-state index contributed by atoms with van der Waals surface area (Å²) in [5, 5.41) is 0.0629. The molecule has 0 unspecified atom stereocenters. The number of halogens is 3. The quantitative estimate of drug-likeness (QED) is 0.654. The molecule has 0 bridgehead atoms. The maximum Gasteiger partial charge on any atom is 0.573 e. The van der Waals surface area contributed by atoms with Crippen LogP contribution in [0.25, 0.3) is 5.57 Å². The molecule has 2 amide bonds. The number of rotatable bonds is 5. The molecule has 1 heterocycles. The van der Waals surface area contributed by atoms with E-state index in [-0.39, 0.29) is 10.9 Å². The van der Waals surface area contributed by atoms with E-state index in [1.165, 1.54) is 23.9 Å². The predicted octanol–water partition coefficient (Wildman–Crippen LogP) is 5.01. The predicted molar refractivity (Wildman–Crippen MR) is 102 cm³/mol. The number of nitrogens with zero attached hydrogens (tertiary/aromatic N) is 1. The molecule has 4 nitrogen and oxygen atoms in total. The second kappa shape index (κ2) is 7.71. The van der Waals surface area contributed by atoms with Crippen molar-refractivity contribution in [3.8, 4) is 5.75 Å². The maximum absolute atomic E-state index is 13.0. The van der Waals surface area contributed by atoms with E-state index in [1.807, 2.05) is 13.8 Å². The molecule has 0 saturated carbocycles. The van der Waals surface area contributed by atoms with Gasteiger partial charge in [0.2, 0.25) is 0 Å². The molecule has 1 aliphatic heterocycles. The van der Waals surface area contributed by atoms with Crippen LogP contribution < -0.4 is 9.64 Å². The van der Waals surface area contributed by atoms with Gasteiger partial charge >= 0.3 is 6.36 Å². The van der Waals surface area contributed by atoms with Crippen molar-refractivity contribution in [2.75, 3.05) is 4.90 Å². The van der Waals surface area contributed by atoms with Gasteiger partial charge in [-0.15, -0.1) is 24.9 Å². The van der Waals surface area contributed by atoms with E-state index >= 15 is 0 Å². The van der Waals surface area contributed by atoms with Gasteiger partial charge in [-0.3, -0.25) is 9.59 Å². The highest BCUT2D eigenvalue weighted by molar-refractivity contribution is 8.04. The fourth-order valence-corrected chi connectivity index (χ4v) is 3.73. The molecule has 0 aliphatic carbocycles. The highest BCUT2D eigenvalue weighted by atomic mass is 32.2. The maximum atomic E-state index is 13.0. The zero-order chi connectivity index (χ0) is 20.5. The number of benzene rings is 2. The highest BCUT2D eigenvalue weighted by Crippen LogP contribution is 2.40. The number of amides is 2. The highest BCUT2D eigenvalue weighted by Gasteiger charge is 2.40. The van der Waals surface area contributed by atoms with E-state index in [2.05, 4.69) is 4.74 Å². The van der Waals surface area contributed by atoms with E-state index in [0.717, 1.165) is 17.0 Å². The smallest absolute Gasteiger partial charge is 0.406 e. The Morgan fingerprint density at radius 3 is 2.07 bits per heavy atom. The molecule has 8 heteroatoms. The number of anilines is 1. The molecule has 1 aliphatic rings. The van der Waals surface area contributed by atoms with Crippen molar-refractivity contribution < 1.29 is 27.5 Å². The average Bonchev–Trinajstić information content (AvgIpc) is 2.85. The number of imide groups is 1. The van der Waals surface area contributed by atoms with Gasteiger partial charge in [0.25, 0.3) is 11.8 Å². The minimum Gasteiger partial charge on any atom is -0.406 e. The van der Waals surface area contributed by atoms with Crippen molar-refractivity contribution in [1.82, 2.24) is 0 Å². The van der Waals surface area contributed by atoms with Gasteiger partial charge in [0.05, 0.1) is 16.2 Å². The van der Waals surface area contributed by atoms with Gasteiger partial charge in [0.15, 0.2) is 0 Å². The van der Waals surface area contributed by atoms with E-state index < -0.39 is 23.9 Å². The summed E-state index contributed by atoms with van der Waals surface area (Å²) in [6.07, 6.45) is -4.82. The van der Waals surface area contributed by atoms with Gasteiger partial charge < -0.3 is 4.74 Å². The van der Waals surface area contributed by atoms with Crippen molar-refractivity contribution >= 4 is 34.8 Å². The zero-order valence-electron chi connectivity index (χ0n) is 15.0. The van der Waals surface area contributed by atoms with Crippen LogP contribution in [0.15, 0.2) is 59.5 Å². The van der Waals surface area contributed by atoms with Gasteiger partial charge in [-0.2, -0.15) is 0 Å². The summed E-state index contributed by atoms with van der Waals surface area (Å²) in [6.45, 7) is 3.81. The van der Waals surface area contributed by atoms with Crippen molar-refractivity contribution in [3.63, 3.8) is 0 Å². The zero-order valence-corrected chi connectivity index (χ0v) is 15.8. The lowest BCUT2D eigenvalue weighted by atomic mass is 10.1. The largest absolute Gasteiger partial charge is 0.573 e. The molecule has 3 rings (SSSR count). The number of hydrogen-bond donors (Lipinski definition) is 0. The third kappa shape index (κ3) is 4.22. The molecule has 28 heavy (non-hydrogen) atoms. The number of carbonyl (C=O) groups excluding carboxylic acids is 2. The summed E-state index contributed by atoms with van der Waals surface area (Å²) >= 11 is 1.28. The third-order valence-electron chi connectivity index (χ3n) is 3.79. The third-order valence-corrected chi connectivity index (χ3v) is 4.87. The van der Waals surface area contributed by atoms with Crippen molar-refractivity contribution in [2.45, 2.75) is 25.5 Å². The van der Waals surface area contributed by atoms with Crippen LogP contribution in [0.3, 0.4) is 0 Å². The standard InChI is InChI=1S/C20H16F3NO3S/c1-12(2)28-17-16(13-6-4-3-5-7-13)18(25)24(19(17)26)14-8-10-15(11-9-14)27-20(21,22)23/h3-12H,1-2H3. The Hall–Kier alpha value is -2.74. The van der Waals surface area contributed by atoms with Crippen molar-refractivity contribution in [1.29, 1.82) is 0 Å². The first-order chi connectivity index (χ1) is 13.2. The molecule has 0 fully saturated rings. The summed E-state index contributed by atoms with van der Waals surface area (Å²) in [4.78, 5) is 27.3. The fraction of sp³-hybridized carbons (Fsp3) is 0.200. The molecule has 0 N–H and O–H groups in total. The van der Waals surface area contributed by atoms with E-state index in [4.69, 9.17) is 0 Å².